The van der Waals surface area contributed by atoms with Crippen molar-refractivity contribution in [3.8, 4) is 17.1 Å². The topological polar surface area (TPSA) is 48.1 Å². The molecule has 1 aliphatic heterocycles. The zero-order chi connectivity index (χ0) is 23.3. The molecule has 2 aromatic carbocycles. The van der Waals surface area contributed by atoms with Crippen LogP contribution in [0.3, 0.4) is 0 Å². The van der Waals surface area contributed by atoms with E-state index >= 15 is 0 Å². The van der Waals surface area contributed by atoms with E-state index in [0.29, 0.717) is 25.9 Å². The van der Waals surface area contributed by atoms with E-state index < -0.39 is 0 Å². The molecule has 7 heteroatoms. The van der Waals surface area contributed by atoms with Crippen molar-refractivity contribution in [3.63, 3.8) is 0 Å². The molecule has 0 spiro atoms. The predicted octanol–water partition coefficient (Wildman–Crippen LogP) is 5.72. The van der Waals surface area contributed by atoms with Gasteiger partial charge >= 0.3 is 0 Å². The Morgan fingerprint density at radius 2 is 1.85 bits per heavy atom. The lowest BCUT2D eigenvalue weighted by molar-refractivity contribution is 0.189. The molecule has 174 valence electrons. The first-order valence-electron chi connectivity index (χ1n) is 11.8. The number of benzene rings is 2. The summed E-state index contributed by atoms with van der Waals surface area (Å²) < 4.78 is 10.4. The summed E-state index contributed by atoms with van der Waals surface area (Å²) in [5, 5.41) is 4.98. The molecule has 5 rings (SSSR count). The molecule has 0 N–H and O–H groups in total. The maximum absolute atomic E-state index is 5.95. The second-order valence-electron chi connectivity index (χ2n) is 8.53. The Labute approximate surface area is 205 Å². The highest BCUT2D eigenvalue weighted by atomic mass is 32.1. The molecule has 3 heterocycles. The van der Waals surface area contributed by atoms with Gasteiger partial charge in [-0.2, -0.15) is 5.10 Å². The SMILES string of the molecule is CCOc1ccc(C2CCCN2Cn2nc(-c3cccnc3)n(Cc3ccccc3)c2=S)cc1. The van der Waals surface area contributed by atoms with E-state index in [1.807, 2.05) is 36.0 Å². The van der Waals surface area contributed by atoms with Crippen LogP contribution in [0.4, 0.5) is 0 Å². The molecule has 0 amide bonds. The second-order valence-corrected chi connectivity index (χ2v) is 8.90. The van der Waals surface area contributed by atoms with Crippen LogP contribution in [0.1, 0.15) is 36.9 Å². The first-order chi connectivity index (χ1) is 16.7. The maximum atomic E-state index is 5.95. The molecular formula is C27H29N5OS. The largest absolute Gasteiger partial charge is 0.494 e. The van der Waals surface area contributed by atoms with Crippen molar-refractivity contribution < 1.29 is 4.74 Å². The van der Waals surface area contributed by atoms with Crippen molar-refractivity contribution in [1.82, 2.24) is 24.2 Å². The third-order valence-electron chi connectivity index (χ3n) is 6.28. The van der Waals surface area contributed by atoms with Gasteiger partial charge in [0.25, 0.3) is 0 Å². The first-order valence-corrected chi connectivity index (χ1v) is 12.2. The van der Waals surface area contributed by atoms with E-state index in [9.17, 15) is 0 Å². The van der Waals surface area contributed by atoms with Gasteiger partial charge in [0.1, 0.15) is 5.75 Å². The smallest absolute Gasteiger partial charge is 0.199 e. The summed E-state index contributed by atoms with van der Waals surface area (Å²) in [5.74, 6) is 1.76. The molecule has 1 atom stereocenters. The summed E-state index contributed by atoms with van der Waals surface area (Å²) in [6, 6.07) is 23.2. The first kappa shape index (κ1) is 22.5. The van der Waals surface area contributed by atoms with Gasteiger partial charge in [-0.05, 0) is 67.4 Å². The van der Waals surface area contributed by atoms with E-state index in [0.717, 1.165) is 41.3 Å². The van der Waals surface area contributed by atoms with Crippen LogP contribution in [0.5, 0.6) is 5.75 Å². The summed E-state index contributed by atoms with van der Waals surface area (Å²) in [4.78, 5) is 6.78. The molecule has 0 radical (unpaired) electrons. The quantitative estimate of drug-likeness (QED) is 0.308. The lowest BCUT2D eigenvalue weighted by atomic mass is 10.0. The van der Waals surface area contributed by atoms with E-state index in [-0.39, 0.29) is 0 Å². The van der Waals surface area contributed by atoms with Crippen LogP contribution >= 0.6 is 12.2 Å². The number of rotatable bonds is 8. The number of nitrogens with zero attached hydrogens (tertiary/aromatic N) is 5. The highest BCUT2D eigenvalue weighted by molar-refractivity contribution is 7.71. The summed E-state index contributed by atoms with van der Waals surface area (Å²) in [6.07, 6.45) is 5.91. The van der Waals surface area contributed by atoms with Crippen LogP contribution in [0.25, 0.3) is 11.4 Å². The van der Waals surface area contributed by atoms with Gasteiger partial charge in [-0.15, -0.1) is 0 Å². The Morgan fingerprint density at radius 3 is 2.59 bits per heavy atom. The average Bonchev–Trinajstić information content (AvgIpc) is 3.46. The molecule has 0 bridgehead atoms. The van der Waals surface area contributed by atoms with Gasteiger partial charge in [-0.3, -0.25) is 14.5 Å². The zero-order valence-electron chi connectivity index (χ0n) is 19.4. The van der Waals surface area contributed by atoms with Crippen LogP contribution in [0.2, 0.25) is 0 Å². The molecule has 1 aliphatic rings. The van der Waals surface area contributed by atoms with E-state index in [1.54, 1.807) is 6.20 Å². The third kappa shape index (κ3) is 4.81. The summed E-state index contributed by atoms with van der Waals surface area (Å²) in [7, 11) is 0. The standard InChI is InChI=1S/C27H29N5OS/c1-2-33-24-14-12-22(13-15-24)25-11-7-17-30(25)20-32-27(34)31(19-21-8-4-3-5-9-21)26(29-32)23-10-6-16-28-18-23/h3-6,8-10,12-16,18,25H,2,7,11,17,19-20H2,1H3. The van der Waals surface area contributed by atoms with Crippen LogP contribution in [0, 0.1) is 4.77 Å². The Bertz CT molecular complexity index is 1270. The monoisotopic (exact) mass is 471 g/mol. The molecule has 1 unspecified atom stereocenters. The van der Waals surface area contributed by atoms with Crippen molar-refractivity contribution in [2.24, 2.45) is 0 Å². The molecule has 0 saturated carbocycles. The van der Waals surface area contributed by atoms with Crippen molar-refractivity contribution in [1.29, 1.82) is 0 Å². The van der Waals surface area contributed by atoms with Gasteiger partial charge in [0.2, 0.25) is 0 Å². The Hall–Kier alpha value is -3.29. The van der Waals surface area contributed by atoms with E-state index in [2.05, 4.69) is 63.0 Å². The maximum Gasteiger partial charge on any atom is 0.199 e. The normalized spacial score (nSPS) is 16.1. The van der Waals surface area contributed by atoms with Gasteiger partial charge < -0.3 is 4.74 Å². The fourth-order valence-electron chi connectivity index (χ4n) is 4.65. The number of likely N-dealkylation sites (tertiary alicyclic amines) is 1. The van der Waals surface area contributed by atoms with Gasteiger partial charge in [-0.25, -0.2) is 4.68 Å². The predicted molar refractivity (Wildman–Crippen MR) is 136 cm³/mol. The highest BCUT2D eigenvalue weighted by Crippen LogP contribution is 2.33. The van der Waals surface area contributed by atoms with Crippen molar-refractivity contribution in [2.75, 3.05) is 13.2 Å². The Kier molecular flexibility index (Phi) is 6.83. The van der Waals surface area contributed by atoms with E-state index in [4.69, 9.17) is 22.1 Å². The number of pyridine rings is 1. The molecule has 6 nitrogen and oxygen atoms in total. The zero-order valence-corrected chi connectivity index (χ0v) is 20.2. The Balaban J connectivity index is 1.44. The highest BCUT2D eigenvalue weighted by Gasteiger charge is 2.27. The van der Waals surface area contributed by atoms with Crippen LogP contribution in [0.15, 0.2) is 79.1 Å². The third-order valence-corrected chi connectivity index (χ3v) is 6.71. The minimum atomic E-state index is 0.346. The van der Waals surface area contributed by atoms with Gasteiger partial charge in [0.05, 0.1) is 19.8 Å². The summed E-state index contributed by atoms with van der Waals surface area (Å²) in [5.41, 5.74) is 3.47. The fraction of sp³-hybridized carbons (Fsp3) is 0.296. The summed E-state index contributed by atoms with van der Waals surface area (Å²) in [6.45, 7) is 5.04. The number of hydrogen-bond donors (Lipinski definition) is 0. The lowest BCUT2D eigenvalue weighted by Crippen LogP contribution is -2.27. The summed E-state index contributed by atoms with van der Waals surface area (Å²) >= 11 is 5.95. The van der Waals surface area contributed by atoms with Gasteiger partial charge in [0.15, 0.2) is 10.6 Å². The molecule has 1 saturated heterocycles. The van der Waals surface area contributed by atoms with Crippen molar-refractivity contribution in [3.05, 3.63) is 95.0 Å². The van der Waals surface area contributed by atoms with Crippen molar-refractivity contribution in [2.45, 2.75) is 39.0 Å². The molecule has 0 aliphatic carbocycles. The average molecular weight is 472 g/mol. The van der Waals surface area contributed by atoms with Gasteiger partial charge in [-0.1, -0.05) is 42.5 Å². The molecular weight excluding hydrogens is 442 g/mol. The van der Waals surface area contributed by atoms with Crippen molar-refractivity contribution >= 4 is 12.2 Å². The minimum absolute atomic E-state index is 0.346. The molecule has 2 aromatic heterocycles. The number of aromatic nitrogens is 4. The van der Waals surface area contributed by atoms with Crippen LogP contribution in [-0.4, -0.2) is 37.4 Å². The molecule has 34 heavy (non-hydrogen) atoms. The Morgan fingerprint density at radius 1 is 1.03 bits per heavy atom. The molecule has 1 fully saturated rings. The second kappa shape index (κ2) is 10.3. The van der Waals surface area contributed by atoms with Crippen LogP contribution < -0.4 is 4.74 Å². The van der Waals surface area contributed by atoms with Gasteiger partial charge in [0, 0.05) is 30.5 Å². The fourth-order valence-corrected chi connectivity index (χ4v) is 4.90. The van der Waals surface area contributed by atoms with Crippen LogP contribution in [-0.2, 0) is 13.2 Å². The number of hydrogen-bond acceptors (Lipinski definition) is 5. The van der Waals surface area contributed by atoms with E-state index in [1.165, 1.54) is 11.1 Å². The minimum Gasteiger partial charge on any atom is -0.494 e. The lowest BCUT2D eigenvalue weighted by Gasteiger charge is -2.24. The molecule has 4 aromatic rings. The number of ether oxygens (including phenoxy) is 1.